The highest BCUT2D eigenvalue weighted by Gasteiger charge is 2.39. The van der Waals surface area contributed by atoms with Crippen molar-refractivity contribution in [1.29, 1.82) is 0 Å². The van der Waals surface area contributed by atoms with Gasteiger partial charge in [-0.15, -0.1) is 17.8 Å². The molecule has 0 saturated carbocycles. The van der Waals surface area contributed by atoms with Gasteiger partial charge in [-0.1, -0.05) is 89.0 Å². The molecule has 14 rings (SSSR count). The van der Waals surface area contributed by atoms with E-state index in [1.165, 1.54) is 0 Å². The van der Waals surface area contributed by atoms with Gasteiger partial charge in [0.2, 0.25) is 0 Å². The number of rotatable bonds is 24. The van der Waals surface area contributed by atoms with E-state index in [0.717, 1.165) is 140 Å². The smallest absolute Gasteiger partial charge is 0.411 e. The summed E-state index contributed by atoms with van der Waals surface area (Å²) in [6.07, 6.45) is -0.913. The fourth-order valence-electron chi connectivity index (χ4n) is 15.3. The molecule has 9 aromatic rings. The lowest BCUT2D eigenvalue weighted by Gasteiger charge is -2.35. The van der Waals surface area contributed by atoms with Crippen LogP contribution in [0.4, 0.5) is 14.4 Å². The van der Waals surface area contributed by atoms with Gasteiger partial charge in [-0.2, -0.15) is 11.8 Å². The Hall–Kier alpha value is -9.27. The second-order valence-electron chi connectivity index (χ2n) is 29.0. The highest BCUT2D eigenvalue weighted by molar-refractivity contribution is 7.99. The quantitative estimate of drug-likeness (QED) is 0.0243. The zero-order valence-electron chi connectivity index (χ0n) is 65.9. The van der Waals surface area contributed by atoms with E-state index in [-0.39, 0.29) is 57.8 Å². The molecular formula is C88H101Cl3N10O13S. The number of carbonyl (C=O) groups is 3. The van der Waals surface area contributed by atoms with Gasteiger partial charge in [0.25, 0.3) is 0 Å². The zero-order valence-corrected chi connectivity index (χ0v) is 68.9. The predicted molar refractivity (Wildman–Crippen MR) is 452 cm³/mol. The molecule has 23 nitrogen and oxygen atoms in total. The van der Waals surface area contributed by atoms with Crippen LogP contribution >= 0.6 is 46.6 Å². The minimum atomic E-state index is -0.632. The number of fused-ring (bicyclic) bond motifs is 9. The zero-order chi connectivity index (χ0) is 80.9. The Morgan fingerprint density at radius 1 is 0.487 bits per heavy atom. The number of amides is 3. The van der Waals surface area contributed by atoms with Crippen molar-refractivity contribution < 1.29 is 62.9 Å². The summed E-state index contributed by atoms with van der Waals surface area (Å²) in [7, 11) is 5.70. The molecule has 6 N–H and O–H groups in total. The number of halogens is 3. The summed E-state index contributed by atoms with van der Waals surface area (Å²) in [5, 5.41) is 36.5. The van der Waals surface area contributed by atoms with E-state index < -0.39 is 36.6 Å². The van der Waals surface area contributed by atoms with Gasteiger partial charge in [0.15, 0.2) is 19.8 Å². The standard InChI is InChI=1S/C30H35ClN4O4.C29H34ClN3O5.C29H32ClN3O4S/c1-3-4-17-38-30(37)35-12-11-25-26-18-22(31)7-10-27(26)32-28(25)29(35)21-5-8-24(9-6-21)39-20-23(36)19-34-15-13-33(2)14-16-34;1-4-5-15-37-29(35)33-13-12-24-25-17-21(30)8-11-26(25)31-27(24)28(33)20-6-9-23(10-7-20)38-19-22(34)18-32(2)14-16-36-3;1-2-3-14-36-29(35)33-11-10-24-25-17-21(30)6-9-26(25)31-27(24)28(33)20-4-7-23(8-5-20)37-19-22(34)18-32-12-15-38-16-13-32/h5-10,18,23,29,32,36H,11-17,19-20H2,1-2H3;6-11,17,22,28,31,34H,12-16,18-19H2,1-3H3;4-9,17,22,28,31,34H,10-16,18-19H2,1H3. The number of nitrogens with zero attached hydrogens (tertiary/aromatic N) is 7. The fourth-order valence-corrected chi connectivity index (χ4v) is 16.7. The largest absolute Gasteiger partial charge is 0.491 e. The molecular weight excluding hydrogens is 1540 g/mol. The highest BCUT2D eigenvalue weighted by Crippen LogP contribution is 2.44. The Morgan fingerprint density at radius 2 is 0.826 bits per heavy atom. The van der Waals surface area contributed by atoms with E-state index in [1.807, 2.05) is 151 Å². The number of ether oxygens (including phenoxy) is 7. The van der Waals surface area contributed by atoms with Crippen LogP contribution in [0.1, 0.15) is 89.4 Å². The molecule has 115 heavy (non-hydrogen) atoms. The number of aromatic amines is 3. The number of β-amino-alcohol motifs (C(OH)–C–C–N with tert-alkyl or cyclic N) is 2. The summed E-state index contributed by atoms with van der Waals surface area (Å²) in [6.45, 7) is 16.4. The minimum absolute atomic E-state index is 0.0451. The van der Waals surface area contributed by atoms with Gasteiger partial charge in [0.1, 0.15) is 73.5 Å². The highest BCUT2D eigenvalue weighted by atomic mass is 35.5. The van der Waals surface area contributed by atoms with Crippen LogP contribution in [0, 0.1) is 35.5 Å². The molecule has 8 heterocycles. The van der Waals surface area contributed by atoms with Crippen molar-refractivity contribution >= 4 is 97.6 Å². The number of methoxy groups -OCH3 is 1. The minimum Gasteiger partial charge on any atom is -0.491 e. The van der Waals surface area contributed by atoms with E-state index in [9.17, 15) is 29.7 Å². The van der Waals surface area contributed by atoms with Gasteiger partial charge < -0.3 is 73.2 Å². The van der Waals surface area contributed by atoms with Crippen LogP contribution in [0.2, 0.25) is 15.1 Å². The number of benzene rings is 6. The number of nitrogens with one attached hydrogen (secondary N) is 3. The summed E-state index contributed by atoms with van der Waals surface area (Å²) in [4.78, 5) is 63.9. The first-order valence-corrected chi connectivity index (χ1v) is 41.2. The summed E-state index contributed by atoms with van der Waals surface area (Å²) >= 11 is 20.8. The average Bonchev–Trinajstić information content (AvgIpc) is 1.63. The number of hydrogen-bond acceptors (Lipinski definition) is 18. The summed E-state index contributed by atoms with van der Waals surface area (Å²) in [5.74, 6) is 20.8. The molecule has 0 bridgehead atoms. The molecule has 27 heteroatoms. The van der Waals surface area contributed by atoms with E-state index in [1.54, 1.807) is 42.6 Å². The molecule has 2 saturated heterocycles. The van der Waals surface area contributed by atoms with Crippen molar-refractivity contribution in [2.24, 2.45) is 0 Å². The maximum atomic E-state index is 13.1. The third kappa shape index (κ3) is 22.3. The third-order valence-corrected chi connectivity index (χ3v) is 22.7. The molecule has 3 aromatic heterocycles. The van der Waals surface area contributed by atoms with Crippen molar-refractivity contribution in [3.63, 3.8) is 0 Å². The summed E-state index contributed by atoms with van der Waals surface area (Å²) < 4.78 is 39.1. The first-order chi connectivity index (χ1) is 55.9. The second-order valence-corrected chi connectivity index (χ2v) is 31.5. The lowest BCUT2D eigenvalue weighted by Crippen LogP contribution is -2.47. The van der Waals surface area contributed by atoms with E-state index in [2.05, 4.69) is 72.2 Å². The lowest BCUT2D eigenvalue weighted by atomic mass is 9.92. The second kappa shape index (κ2) is 41.5. The molecule has 6 unspecified atom stereocenters. The molecule has 0 radical (unpaired) electrons. The molecule has 5 aliphatic rings. The van der Waals surface area contributed by atoms with E-state index >= 15 is 0 Å². The van der Waals surface area contributed by atoms with Crippen LogP contribution in [-0.4, -0.2) is 265 Å². The van der Waals surface area contributed by atoms with Crippen molar-refractivity contribution in [2.75, 3.05) is 164 Å². The van der Waals surface area contributed by atoms with Gasteiger partial charge in [0, 0.05) is 169 Å². The van der Waals surface area contributed by atoms with Crippen molar-refractivity contribution in [1.82, 2.24) is 49.3 Å². The SMILES string of the molecule is CC#CCOC(=O)N1CCc2c([nH]c3ccc(Cl)cc23)C1c1ccc(OCC(O)CN(C)CCOC)cc1.CC#CCOC(=O)N1CCc2c([nH]c3ccc(Cl)cc23)C1c1ccc(OCC(O)CN2CCN(C)CC2)cc1.CC#CCOC(=O)N1CCc2c([nH]c3ccc(Cl)cc23)C1c1ccc(OCC(O)CN2CCSCC2)cc1. The summed E-state index contributed by atoms with van der Waals surface area (Å²) in [6, 6.07) is 39.3. The number of H-pyrrole nitrogens is 3. The third-order valence-electron chi connectivity index (χ3n) is 21.1. The normalized spacial score (nSPS) is 17.6. The number of thioether (sulfide) groups is 1. The Kier molecular flexibility index (Phi) is 30.7. The molecule has 0 spiro atoms. The van der Waals surface area contributed by atoms with Crippen molar-refractivity contribution in [3.05, 3.63) is 193 Å². The van der Waals surface area contributed by atoms with Crippen LogP contribution < -0.4 is 14.2 Å². The maximum absolute atomic E-state index is 13.1. The lowest BCUT2D eigenvalue weighted by molar-refractivity contribution is 0.0504. The summed E-state index contributed by atoms with van der Waals surface area (Å²) in [5.41, 5.74) is 12.0. The number of hydrogen-bond donors (Lipinski definition) is 6. The Labute approximate surface area is 691 Å². The van der Waals surface area contributed by atoms with Gasteiger partial charge in [-0.25, -0.2) is 14.4 Å². The van der Waals surface area contributed by atoms with Gasteiger partial charge >= 0.3 is 18.3 Å². The molecule has 6 aromatic carbocycles. The number of piperazine rings is 1. The number of aromatic nitrogens is 3. The van der Waals surface area contributed by atoms with Crippen LogP contribution in [0.5, 0.6) is 17.2 Å². The number of aliphatic hydroxyl groups excluding tert-OH is 3. The number of carbonyl (C=O) groups excluding carboxylic acids is 3. The van der Waals surface area contributed by atoms with Gasteiger partial charge in [-0.3, -0.25) is 24.5 Å². The van der Waals surface area contributed by atoms with Crippen molar-refractivity contribution in [2.45, 2.75) is 76.5 Å². The maximum Gasteiger partial charge on any atom is 0.411 e. The van der Waals surface area contributed by atoms with Gasteiger partial charge in [0.05, 0.1) is 6.61 Å². The van der Waals surface area contributed by atoms with Crippen molar-refractivity contribution in [3.8, 4) is 52.8 Å². The molecule has 6 atom stereocenters. The van der Waals surface area contributed by atoms with E-state index in [0.29, 0.717) is 97.5 Å². The first kappa shape index (κ1) is 85.1. The molecule has 2 fully saturated rings. The van der Waals surface area contributed by atoms with Crippen LogP contribution in [0.15, 0.2) is 127 Å². The van der Waals surface area contributed by atoms with Crippen LogP contribution in [0.25, 0.3) is 32.7 Å². The van der Waals surface area contributed by atoms with E-state index in [4.69, 9.17) is 68.0 Å². The first-order valence-electron chi connectivity index (χ1n) is 38.9. The van der Waals surface area contributed by atoms with Crippen LogP contribution in [-0.2, 0) is 38.2 Å². The fraction of sp³-hybridized carbons (Fsp3) is 0.420. The van der Waals surface area contributed by atoms with Crippen LogP contribution in [0.3, 0.4) is 0 Å². The molecule has 0 aliphatic carbocycles. The Morgan fingerprint density at radius 3 is 1.17 bits per heavy atom. The number of aliphatic hydroxyl groups is 3. The monoisotopic (exact) mass is 1640 g/mol. The molecule has 608 valence electrons. The topological polar surface area (TPSA) is 247 Å². The predicted octanol–water partition coefficient (Wildman–Crippen LogP) is 12.9. The Bertz CT molecular complexity index is 4960. The molecule has 3 amide bonds. The van der Waals surface area contributed by atoms with Gasteiger partial charge in [-0.05, 0) is 179 Å². The number of likely N-dealkylation sites (N-methyl/N-ethyl adjacent to an activating group) is 2. The molecule has 5 aliphatic heterocycles. The average molecular weight is 1650 g/mol. The Balaban J connectivity index is 0.000000159.